The van der Waals surface area contributed by atoms with E-state index < -0.39 is 18.2 Å². The van der Waals surface area contributed by atoms with Crippen LogP contribution in [0.15, 0.2) is 24.3 Å². The van der Waals surface area contributed by atoms with Crippen molar-refractivity contribution < 1.29 is 20.1 Å². The van der Waals surface area contributed by atoms with Gasteiger partial charge in [-0.3, -0.25) is 4.79 Å². The lowest BCUT2D eigenvalue weighted by molar-refractivity contribution is -0.124. The number of aliphatic hydroxyl groups is 3. The molecule has 0 saturated heterocycles. The molecule has 0 aliphatic heterocycles. The standard InChI is InChI=1S/C41H79NO4/c1-3-5-7-9-11-13-15-17-18-19-20-21-22-23-24-26-28-30-32-34-36-40(45)42-38(37-43)41(46)39(44)35-33-31-29-27-25-16-14-12-10-8-6-4-2/h12,14,27,29,38-39,41,43-44,46H,3-11,13,15-26,28,30-37H2,1-2H3,(H,42,45)/b14-12+,29-27+. The fourth-order valence-corrected chi connectivity index (χ4v) is 6.12. The third kappa shape index (κ3) is 31.4. The first-order chi connectivity index (χ1) is 22.6. The Labute approximate surface area is 286 Å². The lowest BCUT2D eigenvalue weighted by Gasteiger charge is -2.26. The van der Waals surface area contributed by atoms with Gasteiger partial charge in [-0.2, -0.15) is 0 Å². The summed E-state index contributed by atoms with van der Waals surface area (Å²) in [5, 5.41) is 33.3. The molecule has 0 heterocycles. The highest BCUT2D eigenvalue weighted by atomic mass is 16.3. The zero-order chi connectivity index (χ0) is 33.8. The van der Waals surface area contributed by atoms with Gasteiger partial charge in [0, 0.05) is 6.42 Å². The topological polar surface area (TPSA) is 89.8 Å². The maximum absolute atomic E-state index is 12.4. The molecule has 0 aromatic heterocycles. The van der Waals surface area contributed by atoms with Crippen molar-refractivity contribution >= 4 is 5.91 Å². The Bertz CT molecular complexity index is 679. The summed E-state index contributed by atoms with van der Waals surface area (Å²) in [6.45, 7) is 4.13. The Kier molecular flexibility index (Phi) is 35.7. The van der Waals surface area contributed by atoms with Crippen LogP contribution >= 0.6 is 0 Å². The SMILES string of the molecule is CCCCC/C=C/CC/C=C/CCCC(O)C(O)C(CO)NC(=O)CCCCCCCCCCCCCCCCCCCCCC. The van der Waals surface area contributed by atoms with Gasteiger partial charge in [-0.15, -0.1) is 0 Å². The van der Waals surface area contributed by atoms with Crippen LogP contribution in [0, 0.1) is 0 Å². The van der Waals surface area contributed by atoms with Crippen molar-refractivity contribution in [1.82, 2.24) is 5.32 Å². The molecule has 0 aliphatic carbocycles. The van der Waals surface area contributed by atoms with Gasteiger partial charge in [-0.25, -0.2) is 0 Å². The Morgan fingerprint density at radius 3 is 1.33 bits per heavy atom. The first-order valence-corrected chi connectivity index (χ1v) is 20.1. The molecule has 0 radical (unpaired) electrons. The number of aliphatic hydroxyl groups excluding tert-OH is 3. The van der Waals surface area contributed by atoms with E-state index in [4.69, 9.17) is 0 Å². The van der Waals surface area contributed by atoms with Gasteiger partial charge in [-0.1, -0.05) is 173 Å². The maximum atomic E-state index is 12.4. The number of carbonyl (C=O) groups excluding carboxylic acids is 1. The molecule has 5 heteroatoms. The van der Waals surface area contributed by atoms with Crippen molar-refractivity contribution in [2.45, 2.75) is 225 Å². The minimum Gasteiger partial charge on any atom is -0.394 e. The summed E-state index contributed by atoms with van der Waals surface area (Å²) in [6.07, 6.45) is 42.8. The van der Waals surface area contributed by atoms with Crippen LogP contribution in [0.5, 0.6) is 0 Å². The Hall–Kier alpha value is -1.17. The number of rotatable bonds is 36. The van der Waals surface area contributed by atoms with Gasteiger partial charge >= 0.3 is 0 Å². The Morgan fingerprint density at radius 1 is 0.522 bits per heavy atom. The first-order valence-electron chi connectivity index (χ1n) is 20.1. The van der Waals surface area contributed by atoms with Crippen LogP contribution in [0.25, 0.3) is 0 Å². The van der Waals surface area contributed by atoms with Gasteiger partial charge < -0.3 is 20.6 Å². The number of hydrogen-bond acceptors (Lipinski definition) is 4. The van der Waals surface area contributed by atoms with E-state index in [0.717, 1.165) is 44.9 Å². The first kappa shape index (κ1) is 44.8. The molecule has 5 nitrogen and oxygen atoms in total. The normalized spacial score (nSPS) is 13.9. The molecule has 0 aromatic rings. The zero-order valence-corrected chi connectivity index (χ0v) is 30.7. The van der Waals surface area contributed by atoms with Crippen LogP contribution in [0.2, 0.25) is 0 Å². The highest BCUT2D eigenvalue weighted by Crippen LogP contribution is 2.15. The summed E-state index contributed by atoms with van der Waals surface area (Å²) in [6, 6.07) is -0.827. The lowest BCUT2D eigenvalue weighted by atomic mass is 10.0. The third-order valence-electron chi connectivity index (χ3n) is 9.29. The van der Waals surface area contributed by atoms with E-state index in [1.807, 2.05) is 0 Å². The van der Waals surface area contributed by atoms with Crippen LogP contribution < -0.4 is 5.32 Å². The van der Waals surface area contributed by atoms with Crippen molar-refractivity contribution in [3.05, 3.63) is 24.3 Å². The highest BCUT2D eigenvalue weighted by molar-refractivity contribution is 5.76. The van der Waals surface area contributed by atoms with Gasteiger partial charge in [-0.05, 0) is 51.4 Å². The second-order valence-corrected chi connectivity index (χ2v) is 13.8. The van der Waals surface area contributed by atoms with Gasteiger partial charge in [0.15, 0.2) is 0 Å². The predicted octanol–water partition coefficient (Wildman–Crippen LogP) is 11.0. The molecule has 46 heavy (non-hydrogen) atoms. The number of hydrogen-bond donors (Lipinski definition) is 4. The largest absolute Gasteiger partial charge is 0.394 e. The molecule has 0 saturated carbocycles. The van der Waals surface area contributed by atoms with Crippen molar-refractivity contribution in [3.8, 4) is 0 Å². The van der Waals surface area contributed by atoms with E-state index in [0.29, 0.717) is 12.8 Å². The summed E-state index contributed by atoms with van der Waals surface area (Å²) in [5.41, 5.74) is 0. The maximum Gasteiger partial charge on any atom is 0.220 e. The fraction of sp³-hybridized carbons (Fsp3) is 0.878. The average molecular weight is 650 g/mol. The second kappa shape index (κ2) is 36.7. The molecule has 0 fully saturated rings. The molecule has 0 rings (SSSR count). The molecular weight excluding hydrogens is 570 g/mol. The summed E-state index contributed by atoms with van der Waals surface area (Å²) in [4.78, 5) is 12.4. The monoisotopic (exact) mass is 650 g/mol. The van der Waals surface area contributed by atoms with E-state index in [-0.39, 0.29) is 12.5 Å². The van der Waals surface area contributed by atoms with E-state index in [2.05, 4.69) is 43.5 Å². The fourth-order valence-electron chi connectivity index (χ4n) is 6.12. The molecule has 0 aromatic carbocycles. The van der Waals surface area contributed by atoms with E-state index in [1.54, 1.807) is 0 Å². The predicted molar refractivity (Wildman–Crippen MR) is 199 cm³/mol. The smallest absolute Gasteiger partial charge is 0.220 e. The summed E-state index contributed by atoms with van der Waals surface area (Å²) < 4.78 is 0. The molecule has 0 bridgehead atoms. The number of carbonyl (C=O) groups is 1. The molecule has 0 spiro atoms. The number of amides is 1. The number of allylic oxidation sites excluding steroid dienone is 4. The summed E-state index contributed by atoms with van der Waals surface area (Å²) >= 11 is 0. The van der Waals surface area contributed by atoms with E-state index >= 15 is 0 Å². The van der Waals surface area contributed by atoms with Crippen LogP contribution in [0.1, 0.15) is 206 Å². The van der Waals surface area contributed by atoms with Crippen molar-refractivity contribution in [1.29, 1.82) is 0 Å². The number of nitrogens with one attached hydrogen (secondary N) is 1. The average Bonchev–Trinajstić information content (AvgIpc) is 3.06. The zero-order valence-electron chi connectivity index (χ0n) is 30.7. The molecule has 4 N–H and O–H groups in total. The molecule has 3 atom stereocenters. The quantitative estimate of drug-likeness (QED) is 0.0401. The highest BCUT2D eigenvalue weighted by Gasteiger charge is 2.26. The molecule has 1 amide bonds. The van der Waals surface area contributed by atoms with Crippen LogP contribution in [-0.2, 0) is 4.79 Å². The van der Waals surface area contributed by atoms with Crippen LogP contribution in [0.3, 0.4) is 0 Å². The molecule has 3 unspecified atom stereocenters. The van der Waals surface area contributed by atoms with E-state index in [1.165, 1.54) is 135 Å². The third-order valence-corrected chi connectivity index (χ3v) is 9.29. The number of unbranched alkanes of at least 4 members (excludes halogenated alkanes) is 24. The second-order valence-electron chi connectivity index (χ2n) is 13.8. The Balaban J connectivity index is 3.65. The lowest BCUT2D eigenvalue weighted by Crippen LogP contribution is -2.50. The Morgan fingerprint density at radius 2 is 0.891 bits per heavy atom. The van der Waals surface area contributed by atoms with Gasteiger partial charge in [0.25, 0.3) is 0 Å². The van der Waals surface area contributed by atoms with E-state index in [9.17, 15) is 20.1 Å². The molecule has 0 aliphatic rings. The van der Waals surface area contributed by atoms with Crippen molar-refractivity contribution in [3.63, 3.8) is 0 Å². The van der Waals surface area contributed by atoms with Gasteiger partial charge in [0.1, 0.15) is 6.10 Å². The summed E-state index contributed by atoms with van der Waals surface area (Å²) in [5.74, 6) is -0.157. The van der Waals surface area contributed by atoms with Crippen molar-refractivity contribution in [2.24, 2.45) is 0 Å². The van der Waals surface area contributed by atoms with Gasteiger partial charge in [0.05, 0.1) is 18.8 Å². The van der Waals surface area contributed by atoms with Crippen LogP contribution in [-0.4, -0.2) is 46.1 Å². The van der Waals surface area contributed by atoms with Crippen molar-refractivity contribution in [2.75, 3.05) is 6.61 Å². The minimum absolute atomic E-state index is 0.157. The van der Waals surface area contributed by atoms with Crippen LogP contribution in [0.4, 0.5) is 0 Å². The molecular formula is C41H79NO4. The van der Waals surface area contributed by atoms with Gasteiger partial charge in [0.2, 0.25) is 5.91 Å². The minimum atomic E-state index is -1.16. The summed E-state index contributed by atoms with van der Waals surface area (Å²) in [7, 11) is 0. The molecule has 272 valence electrons.